The Hall–Kier alpha value is -0.830. The van der Waals surface area contributed by atoms with Gasteiger partial charge in [0.15, 0.2) is 6.10 Å². The number of oxime groups is 1. The molecule has 0 radical (unpaired) electrons. The topological polar surface area (TPSA) is 21.6 Å². The van der Waals surface area contributed by atoms with Gasteiger partial charge in [-0.05, 0) is 34.0 Å². The lowest BCUT2D eigenvalue weighted by atomic mass is 10.0. The van der Waals surface area contributed by atoms with Crippen molar-refractivity contribution in [1.29, 1.82) is 0 Å². The molecular formula is C10H10BrNO. The summed E-state index contributed by atoms with van der Waals surface area (Å²) >= 11 is 3.33. The summed E-state index contributed by atoms with van der Waals surface area (Å²) < 4.78 is 0.890. The zero-order valence-corrected chi connectivity index (χ0v) is 8.91. The van der Waals surface area contributed by atoms with Gasteiger partial charge in [-0.1, -0.05) is 29.4 Å². The first-order chi connectivity index (χ1) is 6.27. The van der Waals surface area contributed by atoms with Crippen LogP contribution in [0, 0.1) is 6.92 Å². The third-order valence-corrected chi connectivity index (χ3v) is 2.64. The van der Waals surface area contributed by atoms with Crippen LogP contribution in [0.3, 0.4) is 0 Å². The average molecular weight is 240 g/mol. The fraction of sp³-hybridized carbons (Fsp3) is 0.300. The Labute approximate surface area is 85.7 Å². The predicted molar refractivity (Wildman–Crippen MR) is 56.0 cm³/mol. The van der Waals surface area contributed by atoms with Crippen LogP contribution in [0.15, 0.2) is 29.4 Å². The van der Waals surface area contributed by atoms with E-state index < -0.39 is 0 Å². The van der Waals surface area contributed by atoms with Crippen LogP contribution in [0.25, 0.3) is 0 Å². The number of hydrogen-bond acceptors (Lipinski definition) is 2. The predicted octanol–water partition coefficient (Wildman–Crippen LogP) is 3.16. The monoisotopic (exact) mass is 239 g/mol. The van der Waals surface area contributed by atoms with E-state index in [4.69, 9.17) is 4.84 Å². The minimum atomic E-state index is 0.0931. The maximum absolute atomic E-state index is 5.27. The summed E-state index contributed by atoms with van der Waals surface area (Å²) in [6.45, 7) is 2.09. The maximum atomic E-state index is 5.27. The normalized spacial score (nSPS) is 21.1. The molecule has 1 atom stereocenters. The molecular weight excluding hydrogens is 230 g/mol. The standard InChI is InChI=1S/C10H10BrNO/c1-7-4-2-3-5-8(7)9-6-10(11)12-13-9/h2-5,9H,6H2,1H3. The molecule has 0 fully saturated rings. The number of nitrogens with zero attached hydrogens (tertiary/aromatic N) is 1. The maximum Gasteiger partial charge on any atom is 0.159 e. The highest BCUT2D eigenvalue weighted by Crippen LogP contribution is 2.30. The minimum Gasteiger partial charge on any atom is -0.386 e. The van der Waals surface area contributed by atoms with E-state index in [1.54, 1.807) is 0 Å². The van der Waals surface area contributed by atoms with Gasteiger partial charge >= 0.3 is 0 Å². The van der Waals surface area contributed by atoms with Crippen LogP contribution in [0.1, 0.15) is 23.7 Å². The highest BCUT2D eigenvalue weighted by atomic mass is 79.9. The number of rotatable bonds is 1. The highest BCUT2D eigenvalue weighted by Gasteiger charge is 2.22. The molecule has 0 spiro atoms. The fourth-order valence-corrected chi connectivity index (χ4v) is 1.84. The zero-order valence-electron chi connectivity index (χ0n) is 7.33. The van der Waals surface area contributed by atoms with Crippen molar-refractivity contribution >= 4 is 20.6 Å². The van der Waals surface area contributed by atoms with Crippen LogP contribution in [-0.2, 0) is 4.84 Å². The molecule has 1 aromatic carbocycles. The highest BCUT2D eigenvalue weighted by molar-refractivity contribution is 9.18. The lowest BCUT2D eigenvalue weighted by Crippen LogP contribution is -1.99. The van der Waals surface area contributed by atoms with Gasteiger partial charge in [-0.2, -0.15) is 0 Å². The van der Waals surface area contributed by atoms with E-state index in [-0.39, 0.29) is 6.10 Å². The van der Waals surface area contributed by atoms with E-state index in [2.05, 4.69) is 40.1 Å². The van der Waals surface area contributed by atoms with Crippen LogP contribution in [0.4, 0.5) is 0 Å². The van der Waals surface area contributed by atoms with Gasteiger partial charge in [0.05, 0.1) is 0 Å². The fourth-order valence-electron chi connectivity index (χ4n) is 1.46. The number of benzene rings is 1. The first kappa shape index (κ1) is 8.75. The summed E-state index contributed by atoms with van der Waals surface area (Å²) in [7, 11) is 0. The van der Waals surface area contributed by atoms with Crippen molar-refractivity contribution in [2.24, 2.45) is 5.16 Å². The van der Waals surface area contributed by atoms with E-state index >= 15 is 0 Å². The third-order valence-electron chi connectivity index (χ3n) is 2.17. The summed E-state index contributed by atoms with van der Waals surface area (Å²) in [5.41, 5.74) is 2.48. The van der Waals surface area contributed by atoms with Crippen molar-refractivity contribution in [2.75, 3.05) is 0 Å². The molecule has 68 valence electrons. The third kappa shape index (κ3) is 1.75. The Morgan fingerprint density at radius 2 is 2.23 bits per heavy atom. The number of aryl methyl sites for hydroxylation is 1. The first-order valence-corrected chi connectivity index (χ1v) is 5.00. The van der Waals surface area contributed by atoms with E-state index in [9.17, 15) is 0 Å². The van der Waals surface area contributed by atoms with Crippen LogP contribution in [0.5, 0.6) is 0 Å². The molecule has 1 heterocycles. The molecule has 0 amide bonds. The largest absolute Gasteiger partial charge is 0.386 e. The van der Waals surface area contributed by atoms with Crippen LogP contribution in [0.2, 0.25) is 0 Å². The summed E-state index contributed by atoms with van der Waals surface area (Å²) in [5, 5.41) is 3.87. The van der Waals surface area contributed by atoms with Crippen molar-refractivity contribution in [1.82, 2.24) is 0 Å². The molecule has 3 heteroatoms. The van der Waals surface area contributed by atoms with Crippen molar-refractivity contribution in [2.45, 2.75) is 19.4 Å². The van der Waals surface area contributed by atoms with Crippen LogP contribution in [-0.4, -0.2) is 4.62 Å². The molecule has 1 aliphatic rings. The molecule has 1 aliphatic heterocycles. The van der Waals surface area contributed by atoms with Gasteiger partial charge in [0.2, 0.25) is 0 Å². The van der Waals surface area contributed by atoms with Gasteiger partial charge in [-0.25, -0.2) is 0 Å². The molecule has 13 heavy (non-hydrogen) atoms. The Balaban J connectivity index is 2.23. The second-order valence-electron chi connectivity index (χ2n) is 3.12. The lowest BCUT2D eigenvalue weighted by molar-refractivity contribution is 0.0853. The lowest BCUT2D eigenvalue weighted by Gasteiger charge is -2.10. The van der Waals surface area contributed by atoms with Gasteiger partial charge in [0.25, 0.3) is 0 Å². The molecule has 0 bridgehead atoms. The molecule has 2 nitrogen and oxygen atoms in total. The average Bonchev–Trinajstić information content (AvgIpc) is 2.53. The molecule has 0 N–H and O–H groups in total. The van der Waals surface area contributed by atoms with Gasteiger partial charge < -0.3 is 4.84 Å². The Kier molecular flexibility index (Phi) is 2.36. The van der Waals surface area contributed by atoms with Crippen LogP contribution >= 0.6 is 15.9 Å². The van der Waals surface area contributed by atoms with Crippen molar-refractivity contribution < 1.29 is 4.84 Å². The second kappa shape index (κ2) is 3.50. The zero-order chi connectivity index (χ0) is 9.26. The summed E-state index contributed by atoms with van der Waals surface area (Å²) in [6, 6.07) is 8.23. The summed E-state index contributed by atoms with van der Waals surface area (Å²) in [4.78, 5) is 5.27. The van der Waals surface area contributed by atoms with Gasteiger partial charge in [0.1, 0.15) is 4.62 Å². The smallest absolute Gasteiger partial charge is 0.159 e. The van der Waals surface area contributed by atoms with Crippen molar-refractivity contribution in [3.8, 4) is 0 Å². The Bertz CT molecular complexity index is 349. The van der Waals surface area contributed by atoms with Gasteiger partial charge in [-0.3, -0.25) is 0 Å². The summed E-state index contributed by atoms with van der Waals surface area (Å²) in [5.74, 6) is 0. The van der Waals surface area contributed by atoms with Crippen molar-refractivity contribution in [3.05, 3.63) is 35.4 Å². The van der Waals surface area contributed by atoms with E-state index in [1.807, 2.05) is 12.1 Å². The SMILES string of the molecule is Cc1ccccc1C1CC(Br)=NO1. The molecule has 0 saturated heterocycles. The number of halogens is 1. The summed E-state index contributed by atoms with van der Waals surface area (Å²) in [6.07, 6.45) is 0.931. The Morgan fingerprint density at radius 3 is 2.85 bits per heavy atom. The first-order valence-electron chi connectivity index (χ1n) is 4.21. The van der Waals surface area contributed by atoms with Gasteiger partial charge in [-0.15, -0.1) is 0 Å². The molecule has 0 saturated carbocycles. The molecule has 0 aliphatic carbocycles. The van der Waals surface area contributed by atoms with E-state index in [1.165, 1.54) is 11.1 Å². The minimum absolute atomic E-state index is 0.0931. The van der Waals surface area contributed by atoms with E-state index in [0.717, 1.165) is 11.0 Å². The molecule has 0 aromatic heterocycles. The quantitative estimate of drug-likeness (QED) is 0.738. The molecule has 1 unspecified atom stereocenters. The number of hydrogen-bond donors (Lipinski definition) is 0. The Morgan fingerprint density at radius 1 is 1.46 bits per heavy atom. The molecule has 2 rings (SSSR count). The van der Waals surface area contributed by atoms with Gasteiger partial charge in [0, 0.05) is 6.42 Å². The molecule has 1 aromatic rings. The van der Waals surface area contributed by atoms with Crippen molar-refractivity contribution in [3.63, 3.8) is 0 Å². The second-order valence-corrected chi connectivity index (χ2v) is 4.04. The van der Waals surface area contributed by atoms with Crippen LogP contribution < -0.4 is 0 Å². The van der Waals surface area contributed by atoms with E-state index in [0.29, 0.717) is 0 Å².